The van der Waals surface area contributed by atoms with E-state index < -0.39 is 0 Å². The van der Waals surface area contributed by atoms with E-state index in [0.29, 0.717) is 19.6 Å². The third-order valence-corrected chi connectivity index (χ3v) is 7.47. The summed E-state index contributed by atoms with van der Waals surface area (Å²) in [5.41, 5.74) is 3.48. The molecular weight excluding hydrogens is 492 g/mol. The first kappa shape index (κ1) is 29.3. The van der Waals surface area contributed by atoms with Crippen molar-refractivity contribution in [1.82, 2.24) is 4.98 Å². The number of ether oxygens (including phenoxy) is 2. The highest BCUT2D eigenvalue weighted by molar-refractivity contribution is 6.00. The van der Waals surface area contributed by atoms with Crippen molar-refractivity contribution in [3.8, 4) is 0 Å². The number of pyridine rings is 1. The number of rotatable bonds is 10. The van der Waals surface area contributed by atoms with Crippen LogP contribution in [0.3, 0.4) is 0 Å². The number of carbonyl (C=O) groups is 1. The first-order chi connectivity index (χ1) is 18.7. The molecule has 39 heavy (non-hydrogen) atoms. The molecule has 1 saturated carbocycles. The highest BCUT2D eigenvalue weighted by Gasteiger charge is 2.34. The number of nitrogens with zero attached hydrogens (tertiary/aromatic N) is 2. The highest BCUT2D eigenvalue weighted by atomic mass is 16.5. The monoisotopic (exact) mass is 538 g/mol. The molecule has 1 fully saturated rings. The molecule has 4 rings (SSSR count). The fourth-order valence-electron chi connectivity index (χ4n) is 5.51. The van der Waals surface area contributed by atoms with Crippen molar-refractivity contribution in [3.05, 3.63) is 42.1 Å². The van der Waals surface area contributed by atoms with Gasteiger partial charge < -0.3 is 30.1 Å². The minimum Gasteiger partial charge on any atom is -0.396 e. The Labute approximate surface area is 233 Å². The Kier molecular flexibility index (Phi) is 9.86. The van der Waals surface area contributed by atoms with Gasteiger partial charge in [-0.05, 0) is 90.5 Å². The van der Waals surface area contributed by atoms with Gasteiger partial charge in [-0.3, -0.25) is 4.79 Å². The van der Waals surface area contributed by atoms with Crippen LogP contribution in [-0.2, 0) is 20.8 Å². The average Bonchev–Trinajstić information content (AvgIpc) is 3.07. The predicted molar refractivity (Wildman–Crippen MR) is 157 cm³/mol. The van der Waals surface area contributed by atoms with Gasteiger partial charge in [-0.25, -0.2) is 4.98 Å². The maximum absolute atomic E-state index is 14.1. The average molecular weight is 539 g/mol. The highest BCUT2D eigenvalue weighted by Crippen LogP contribution is 2.39. The minimum absolute atomic E-state index is 0.0302. The zero-order valence-electron chi connectivity index (χ0n) is 24.2. The van der Waals surface area contributed by atoms with Crippen LogP contribution in [0, 0.1) is 5.92 Å². The lowest BCUT2D eigenvalue weighted by Crippen LogP contribution is -2.39. The van der Waals surface area contributed by atoms with Crippen LogP contribution >= 0.6 is 0 Å². The molecular formula is C31H46N4O4. The molecule has 0 radical (unpaired) electrons. The molecule has 2 atom stereocenters. The Bertz CT molecular complexity index is 1090. The van der Waals surface area contributed by atoms with Crippen molar-refractivity contribution in [1.29, 1.82) is 0 Å². The number of nitrogens with one attached hydrogen (secondary N) is 2. The van der Waals surface area contributed by atoms with E-state index in [4.69, 9.17) is 9.47 Å². The van der Waals surface area contributed by atoms with E-state index >= 15 is 0 Å². The smallest absolute Gasteiger partial charge is 0.230 e. The summed E-state index contributed by atoms with van der Waals surface area (Å²) in [6.07, 6.45) is 7.02. The number of anilines is 4. The lowest BCUT2D eigenvalue weighted by molar-refractivity contribution is -0.126. The molecule has 2 aromatic rings. The van der Waals surface area contributed by atoms with E-state index in [0.717, 1.165) is 60.5 Å². The van der Waals surface area contributed by atoms with Gasteiger partial charge >= 0.3 is 0 Å². The van der Waals surface area contributed by atoms with Crippen LogP contribution in [0.15, 0.2) is 36.5 Å². The Hall–Kier alpha value is -2.68. The van der Waals surface area contributed by atoms with Crippen LogP contribution < -0.4 is 15.5 Å². The van der Waals surface area contributed by atoms with Crippen molar-refractivity contribution in [2.45, 2.75) is 104 Å². The van der Waals surface area contributed by atoms with E-state index in [1.165, 1.54) is 0 Å². The van der Waals surface area contributed by atoms with Gasteiger partial charge in [0.05, 0.1) is 42.3 Å². The van der Waals surface area contributed by atoms with Crippen molar-refractivity contribution in [2.75, 3.05) is 28.7 Å². The molecule has 1 aliphatic heterocycles. The molecule has 3 N–H and O–H groups in total. The quantitative estimate of drug-likeness (QED) is 0.340. The number of aliphatic hydroxyl groups excluding tert-OH is 1. The molecule has 1 amide bonds. The second-order valence-corrected chi connectivity index (χ2v) is 11.9. The maximum Gasteiger partial charge on any atom is 0.230 e. The normalized spacial score (nSPS) is 20.7. The standard InChI is InChI=1S/C31H46N4O4/c1-6-25(15-17-36)38-20-21(2)33-24-11-14-27-28(18-24)35(19-23-8-7-16-32-29(23)34-27)30(37)22-9-12-26(13-10-22)39-31(3,4)5/h7-8,11,14,16,18,21-22,25-26,33,36H,6,9-10,12-13,15,17,19-20H2,1-5H3,(H,32,34)/t21-,22?,25-,26?/m0/s1. The Morgan fingerprint density at radius 1 is 1.23 bits per heavy atom. The molecule has 0 bridgehead atoms. The fraction of sp³-hybridized carbons (Fsp3) is 0.613. The molecule has 0 spiro atoms. The number of hydrogen-bond acceptors (Lipinski definition) is 7. The van der Waals surface area contributed by atoms with Gasteiger partial charge in [-0.2, -0.15) is 0 Å². The molecule has 0 unspecified atom stereocenters. The largest absolute Gasteiger partial charge is 0.396 e. The van der Waals surface area contributed by atoms with Crippen LogP contribution in [0.4, 0.5) is 22.9 Å². The van der Waals surface area contributed by atoms with Crippen molar-refractivity contribution >= 4 is 28.8 Å². The third kappa shape index (κ3) is 7.93. The predicted octanol–water partition coefficient (Wildman–Crippen LogP) is 6.02. The summed E-state index contributed by atoms with van der Waals surface area (Å²) in [7, 11) is 0. The summed E-state index contributed by atoms with van der Waals surface area (Å²) < 4.78 is 12.2. The second-order valence-electron chi connectivity index (χ2n) is 11.9. The summed E-state index contributed by atoms with van der Waals surface area (Å²) >= 11 is 0. The van der Waals surface area contributed by atoms with E-state index in [-0.39, 0.29) is 42.3 Å². The number of carbonyl (C=O) groups excluding carboxylic acids is 1. The van der Waals surface area contributed by atoms with Crippen LogP contribution in [0.5, 0.6) is 0 Å². The molecule has 1 aliphatic carbocycles. The zero-order valence-corrected chi connectivity index (χ0v) is 24.2. The van der Waals surface area contributed by atoms with Gasteiger partial charge in [0.2, 0.25) is 5.91 Å². The topological polar surface area (TPSA) is 96.0 Å². The van der Waals surface area contributed by atoms with Gasteiger partial charge in [0.25, 0.3) is 0 Å². The van der Waals surface area contributed by atoms with Gasteiger partial charge in [-0.1, -0.05) is 13.0 Å². The van der Waals surface area contributed by atoms with E-state index in [1.807, 2.05) is 29.2 Å². The third-order valence-electron chi connectivity index (χ3n) is 7.47. The number of benzene rings is 1. The number of amides is 1. The van der Waals surface area contributed by atoms with Gasteiger partial charge in [0, 0.05) is 36.0 Å². The Morgan fingerprint density at radius 2 is 2.00 bits per heavy atom. The second kappa shape index (κ2) is 13.1. The number of aliphatic hydroxyl groups is 1. The van der Waals surface area contributed by atoms with Crippen molar-refractivity contribution in [2.24, 2.45) is 5.92 Å². The zero-order chi connectivity index (χ0) is 28.0. The van der Waals surface area contributed by atoms with E-state index in [2.05, 4.69) is 56.3 Å². The Balaban J connectivity index is 1.52. The number of hydrogen-bond donors (Lipinski definition) is 3. The van der Waals surface area contributed by atoms with Gasteiger partial charge in [0.15, 0.2) is 0 Å². The molecule has 1 aromatic heterocycles. The summed E-state index contributed by atoms with van der Waals surface area (Å²) in [6, 6.07) is 10.1. The van der Waals surface area contributed by atoms with Crippen molar-refractivity contribution < 1.29 is 19.4 Å². The molecule has 1 aromatic carbocycles. The molecule has 2 aliphatic rings. The summed E-state index contributed by atoms with van der Waals surface area (Å²) in [5.74, 6) is 0.915. The first-order valence-electron chi connectivity index (χ1n) is 14.5. The fourth-order valence-corrected chi connectivity index (χ4v) is 5.51. The maximum atomic E-state index is 14.1. The molecule has 0 saturated heterocycles. The minimum atomic E-state index is -0.171. The van der Waals surface area contributed by atoms with Gasteiger partial charge in [-0.15, -0.1) is 0 Å². The molecule has 8 heteroatoms. The lowest BCUT2D eigenvalue weighted by atomic mass is 9.86. The van der Waals surface area contributed by atoms with Crippen LogP contribution in [0.2, 0.25) is 0 Å². The van der Waals surface area contributed by atoms with Gasteiger partial charge in [0.1, 0.15) is 5.82 Å². The summed E-state index contributed by atoms with van der Waals surface area (Å²) in [6.45, 7) is 11.6. The number of fused-ring (bicyclic) bond motifs is 2. The van der Waals surface area contributed by atoms with Crippen LogP contribution in [0.1, 0.15) is 78.7 Å². The lowest BCUT2D eigenvalue weighted by Gasteiger charge is -2.35. The van der Waals surface area contributed by atoms with Crippen LogP contribution in [0.25, 0.3) is 0 Å². The number of aromatic nitrogens is 1. The first-order valence-corrected chi connectivity index (χ1v) is 14.5. The van der Waals surface area contributed by atoms with E-state index in [1.54, 1.807) is 6.20 Å². The SMILES string of the molecule is CC[C@@H](CCO)OC[C@H](C)Nc1ccc2c(c1)N(C(=O)C1CCC(OC(C)(C)C)CC1)Cc1cccnc1N2. The molecule has 214 valence electrons. The summed E-state index contributed by atoms with van der Waals surface area (Å²) in [4.78, 5) is 20.5. The van der Waals surface area contributed by atoms with Crippen molar-refractivity contribution in [3.63, 3.8) is 0 Å². The van der Waals surface area contributed by atoms with E-state index in [9.17, 15) is 9.90 Å². The van der Waals surface area contributed by atoms with Crippen LogP contribution in [-0.4, -0.2) is 53.1 Å². The molecule has 2 heterocycles. The summed E-state index contributed by atoms with van der Waals surface area (Å²) in [5, 5.41) is 16.2. The Morgan fingerprint density at radius 3 is 2.69 bits per heavy atom. The molecule has 8 nitrogen and oxygen atoms in total.